The third kappa shape index (κ3) is 7.40. The average Bonchev–Trinajstić information content (AvgIpc) is 3.07. The summed E-state index contributed by atoms with van der Waals surface area (Å²) >= 11 is 0. The Morgan fingerprint density at radius 3 is 2.48 bits per heavy atom. The van der Waals surface area contributed by atoms with E-state index in [0.717, 1.165) is 11.8 Å². The first kappa shape index (κ1) is 20.9. The third-order valence-electron chi connectivity index (χ3n) is 3.84. The van der Waals surface area contributed by atoms with Crippen LogP contribution in [0.15, 0.2) is 47.7 Å². The largest absolute Gasteiger partial charge is 0.355 e. The number of benzene rings is 1. The number of guanidine groups is 1. The van der Waals surface area contributed by atoms with Gasteiger partial charge in [-0.3, -0.25) is 9.67 Å². The molecular weight excluding hydrogens is 364 g/mol. The van der Waals surface area contributed by atoms with E-state index < -0.39 is 15.6 Å². The average molecular weight is 393 g/mol. The summed E-state index contributed by atoms with van der Waals surface area (Å²) in [7, 11) is -1.60. The van der Waals surface area contributed by atoms with Crippen molar-refractivity contribution in [1.82, 2.24) is 25.1 Å². The highest BCUT2D eigenvalue weighted by Gasteiger charge is 2.22. The van der Waals surface area contributed by atoms with Crippen LogP contribution in [0.25, 0.3) is 0 Å². The minimum absolute atomic E-state index is 0.397. The van der Waals surface area contributed by atoms with E-state index in [-0.39, 0.29) is 0 Å². The molecule has 1 aromatic carbocycles. The maximum atomic E-state index is 11.4. The van der Waals surface area contributed by atoms with Crippen LogP contribution in [-0.2, 0) is 23.1 Å². The predicted molar refractivity (Wildman–Crippen MR) is 108 cm³/mol. The zero-order valence-electron chi connectivity index (χ0n) is 16.2. The van der Waals surface area contributed by atoms with Crippen molar-refractivity contribution in [3.8, 4) is 0 Å². The highest BCUT2D eigenvalue weighted by atomic mass is 32.2. The lowest BCUT2D eigenvalue weighted by Gasteiger charge is -2.26. The summed E-state index contributed by atoms with van der Waals surface area (Å²) in [5, 5.41) is 10.7. The fourth-order valence-electron chi connectivity index (χ4n) is 2.69. The molecule has 0 amide bonds. The van der Waals surface area contributed by atoms with Crippen LogP contribution >= 0.6 is 0 Å². The summed E-state index contributed by atoms with van der Waals surface area (Å²) in [5.41, 5.74) is 1.68. The Bertz CT molecular complexity index is 860. The summed E-state index contributed by atoms with van der Waals surface area (Å²) < 4.78 is 27.4. The van der Waals surface area contributed by atoms with E-state index in [0.29, 0.717) is 25.6 Å². The molecule has 0 atom stereocenters. The molecule has 8 nitrogen and oxygen atoms in total. The second kappa shape index (κ2) is 9.01. The molecule has 27 heavy (non-hydrogen) atoms. The van der Waals surface area contributed by atoms with Crippen molar-refractivity contribution >= 4 is 16.0 Å². The van der Waals surface area contributed by atoms with Gasteiger partial charge in [-0.25, -0.2) is 13.1 Å². The monoisotopic (exact) mass is 392 g/mol. The molecule has 0 aliphatic rings. The van der Waals surface area contributed by atoms with Crippen LogP contribution in [0.4, 0.5) is 0 Å². The zero-order chi connectivity index (χ0) is 19.9. The van der Waals surface area contributed by atoms with Gasteiger partial charge in [0.15, 0.2) is 5.96 Å². The van der Waals surface area contributed by atoms with Gasteiger partial charge in [-0.15, -0.1) is 0 Å². The molecule has 0 saturated heterocycles. The second-order valence-electron chi connectivity index (χ2n) is 7.01. The normalized spacial score (nSPS) is 12.8. The van der Waals surface area contributed by atoms with Gasteiger partial charge in [0.05, 0.1) is 12.8 Å². The van der Waals surface area contributed by atoms with Gasteiger partial charge >= 0.3 is 0 Å². The van der Waals surface area contributed by atoms with Crippen LogP contribution in [0.5, 0.6) is 0 Å². The van der Waals surface area contributed by atoms with Crippen molar-refractivity contribution in [1.29, 1.82) is 0 Å². The van der Waals surface area contributed by atoms with Gasteiger partial charge < -0.3 is 10.6 Å². The standard InChI is InChI=1S/C18H28N6O2S/c1-18(2,23-27(4,25)26)14-21-17(19-3)20-12-15-8-5-6-9-16(15)13-24-11-7-10-22-24/h5-11,23H,12-14H2,1-4H3,(H2,19,20,21). The highest BCUT2D eigenvalue weighted by Crippen LogP contribution is 2.10. The van der Waals surface area contributed by atoms with Gasteiger partial charge in [0.1, 0.15) is 0 Å². The Morgan fingerprint density at radius 1 is 1.19 bits per heavy atom. The SMILES string of the molecule is CN=C(NCc1ccccc1Cn1cccn1)NCC(C)(C)NS(C)(=O)=O. The van der Waals surface area contributed by atoms with Crippen molar-refractivity contribution in [2.45, 2.75) is 32.5 Å². The minimum Gasteiger partial charge on any atom is -0.355 e. The fourth-order valence-corrected chi connectivity index (χ4v) is 3.77. The number of sulfonamides is 1. The summed E-state index contributed by atoms with van der Waals surface area (Å²) in [5.74, 6) is 0.604. The van der Waals surface area contributed by atoms with Gasteiger partial charge in [0.25, 0.3) is 0 Å². The van der Waals surface area contributed by atoms with E-state index in [9.17, 15) is 8.42 Å². The highest BCUT2D eigenvalue weighted by molar-refractivity contribution is 7.88. The van der Waals surface area contributed by atoms with Crippen molar-refractivity contribution in [2.75, 3.05) is 19.8 Å². The van der Waals surface area contributed by atoms with Crippen LogP contribution in [-0.4, -0.2) is 49.5 Å². The van der Waals surface area contributed by atoms with Crippen LogP contribution in [0.3, 0.4) is 0 Å². The predicted octanol–water partition coefficient (Wildman–Crippen LogP) is 0.924. The molecule has 148 valence electrons. The molecule has 0 aliphatic carbocycles. The van der Waals surface area contributed by atoms with Crippen molar-refractivity contribution in [2.24, 2.45) is 4.99 Å². The van der Waals surface area contributed by atoms with Crippen molar-refractivity contribution < 1.29 is 8.42 Å². The van der Waals surface area contributed by atoms with E-state index in [1.54, 1.807) is 13.2 Å². The Labute approximate surface area is 161 Å². The molecule has 2 aromatic rings. The number of aromatic nitrogens is 2. The minimum atomic E-state index is -3.28. The number of hydrogen-bond acceptors (Lipinski definition) is 4. The lowest BCUT2D eigenvalue weighted by Crippen LogP contribution is -2.52. The van der Waals surface area contributed by atoms with E-state index in [1.807, 2.05) is 42.9 Å². The quantitative estimate of drug-likeness (QED) is 0.458. The number of aliphatic imine (C=N–C) groups is 1. The maximum absolute atomic E-state index is 11.4. The molecule has 0 unspecified atom stereocenters. The summed E-state index contributed by atoms with van der Waals surface area (Å²) in [6.07, 6.45) is 4.85. The van der Waals surface area contributed by atoms with Crippen molar-refractivity contribution in [3.05, 3.63) is 53.9 Å². The first-order valence-electron chi connectivity index (χ1n) is 8.66. The van der Waals surface area contributed by atoms with Crippen LogP contribution in [0.2, 0.25) is 0 Å². The lowest BCUT2D eigenvalue weighted by molar-refractivity contribution is 0.446. The molecule has 0 radical (unpaired) electrons. The molecule has 0 fully saturated rings. The van der Waals surface area contributed by atoms with Crippen LogP contribution in [0.1, 0.15) is 25.0 Å². The van der Waals surface area contributed by atoms with E-state index >= 15 is 0 Å². The third-order valence-corrected chi connectivity index (χ3v) is 4.76. The van der Waals surface area contributed by atoms with E-state index in [2.05, 4.69) is 37.6 Å². The van der Waals surface area contributed by atoms with Crippen molar-refractivity contribution in [3.63, 3.8) is 0 Å². The van der Waals surface area contributed by atoms with Gasteiger partial charge in [0.2, 0.25) is 10.0 Å². The summed E-state index contributed by atoms with van der Waals surface area (Å²) in [4.78, 5) is 4.21. The molecule has 0 bridgehead atoms. The molecule has 1 heterocycles. The Kier molecular flexibility index (Phi) is 6.98. The van der Waals surface area contributed by atoms with Gasteiger partial charge in [-0.2, -0.15) is 5.10 Å². The number of hydrogen-bond donors (Lipinski definition) is 3. The zero-order valence-corrected chi connectivity index (χ0v) is 17.0. The number of rotatable bonds is 8. The topological polar surface area (TPSA) is 100 Å². The molecule has 9 heteroatoms. The van der Waals surface area contributed by atoms with Gasteiger partial charge in [0, 0.05) is 38.1 Å². The van der Waals surface area contributed by atoms with Crippen LogP contribution < -0.4 is 15.4 Å². The number of nitrogens with one attached hydrogen (secondary N) is 3. The first-order chi connectivity index (χ1) is 12.7. The summed E-state index contributed by atoms with van der Waals surface area (Å²) in [6, 6.07) is 10.1. The first-order valence-corrected chi connectivity index (χ1v) is 10.6. The molecular formula is C18H28N6O2S. The molecule has 0 spiro atoms. The summed E-state index contributed by atoms with van der Waals surface area (Å²) in [6.45, 7) is 5.31. The van der Waals surface area contributed by atoms with Crippen LogP contribution in [0, 0.1) is 0 Å². The molecule has 0 aliphatic heterocycles. The lowest BCUT2D eigenvalue weighted by atomic mass is 10.1. The molecule has 2 rings (SSSR count). The molecule has 1 aromatic heterocycles. The smallest absolute Gasteiger partial charge is 0.209 e. The molecule has 3 N–H and O–H groups in total. The number of nitrogens with zero attached hydrogens (tertiary/aromatic N) is 3. The molecule has 0 saturated carbocycles. The van der Waals surface area contributed by atoms with E-state index in [1.165, 1.54) is 5.56 Å². The second-order valence-corrected chi connectivity index (χ2v) is 8.76. The van der Waals surface area contributed by atoms with Gasteiger partial charge in [-0.05, 0) is 31.0 Å². The Balaban J connectivity index is 1.95. The maximum Gasteiger partial charge on any atom is 0.209 e. The fraction of sp³-hybridized carbons (Fsp3) is 0.444. The Hall–Kier alpha value is -2.39. The van der Waals surface area contributed by atoms with E-state index in [4.69, 9.17) is 0 Å². The van der Waals surface area contributed by atoms with Gasteiger partial charge in [-0.1, -0.05) is 24.3 Å². The Morgan fingerprint density at radius 2 is 1.89 bits per heavy atom.